The number of carbonyl (C=O) groups excluding carboxylic acids is 1. The van der Waals surface area contributed by atoms with Crippen LogP contribution in [0, 0.1) is 13.8 Å². The molecule has 7 nitrogen and oxygen atoms in total. The maximum absolute atomic E-state index is 12.7. The minimum absolute atomic E-state index is 0.277. The van der Waals surface area contributed by atoms with Crippen molar-refractivity contribution in [1.29, 1.82) is 0 Å². The minimum Gasteiger partial charge on any atom is -0.374 e. The van der Waals surface area contributed by atoms with Gasteiger partial charge in [-0.25, -0.2) is 0 Å². The molecule has 1 aliphatic carbocycles. The predicted molar refractivity (Wildman–Crippen MR) is 152 cm³/mol. The average Bonchev–Trinajstić information content (AvgIpc) is 3.39. The van der Waals surface area contributed by atoms with Gasteiger partial charge in [-0.1, -0.05) is 47.6 Å². The summed E-state index contributed by atoms with van der Waals surface area (Å²) in [6.07, 6.45) is 4.68. The number of rotatable bonds is 9. The van der Waals surface area contributed by atoms with Crippen molar-refractivity contribution in [1.82, 2.24) is 20.8 Å². The Morgan fingerprint density at radius 3 is 2.56 bits per heavy atom. The topological polar surface area (TPSA) is 100 Å². The molecule has 1 amide bonds. The van der Waals surface area contributed by atoms with Gasteiger partial charge in [-0.2, -0.15) is 4.98 Å². The van der Waals surface area contributed by atoms with Crippen molar-refractivity contribution in [2.75, 3.05) is 7.05 Å². The molecule has 3 aromatic carbocycles. The molecule has 39 heavy (non-hydrogen) atoms. The highest BCUT2D eigenvalue weighted by atomic mass is 16.5. The maximum atomic E-state index is 12.7. The van der Waals surface area contributed by atoms with Crippen LogP contribution < -0.4 is 10.6 Å². The molecule has 5 rings (SSSR count). The molecular formula is C32H36N4O3. The highest BCUT2D eigenvalue weighted by molar-refractivity contribution is 5.94. The van der Waals surface area contributed by atoms with E-state index in [1.54, 1.807) is 19.1 Å². The number of carbonyl (C=O) groups is 1. The van der Waals surface area contributed by atoms with E-state index < -0.39 is 6.23 Å². The second-order valence-corrected chi connectivity index (χ2v) is 10.5. The van der Waals surface area contributed by atoms with E-state index in [1.807, 2.05) is 44.3 Å². The summed E-state index contributed by atoms with van der Waals surface area (Å²) in [6, 6.07) is 20.8. The molecule has 1 aromatic heterocycles. The van der Waals surface area contributed by atoms with Crippen molar-refractivity contribution in [3.8, 4) is 22.5 Å². The van der Waals surface area contributed by atoms with Crippen molar-refractivity contribution in [3.05, 3.63) is 94.4 Å². The van der Waals surface area contributed by atoms with Gasteiger partial charge >= 0.3 is 0 Å². The second-order valence-electron chi connectivity index (χ2n) is 10.5. The Hall–Kier alpha value is -3.81. The Morgan fingerprint density at radius 1 is 1.05 bits per heavy atom. The molecule has 1 unspecified atom stereocenters. The Morgan fingerprint density at radius 2 is 1.85 bits per heavy atom. The third-order valence-corrected chi connectivity index (χ3v) is 7.62. The number of aromatic nitrogens is 2. The van der Waals surface area contributed by atoms with Crippen LogP contribution in [0.3, 0.4) is 0 Å². The Bertz CT molecular complexity index is 1440. The average molecular weight is 525 g/mol. The van der Waals surface area contributed by atoms with Gasteiger partial charge in [-0.05, 0) is 104 Å². The summed E-state index contributed by atoms with van der Waals surface area (Å²) >= 11 is 0. The summed E-state index contributed by atoms with van der Waals surface area (Å²) in [4.78, 5) is 17.0. The molecule has 0 fully saturated rings. The largest absolute Gasteiger partial charge is 0.374 e. The van der Waals surface area contributed by atoms with E-state index in [1.165, 1.54) is 23.1 Å². The summed E-state index contributed by atoms with van der Waals surface area (Å²) in [5.74, 6) is 0.821. The summed E-state index contributed by atoms with van der Waals surface area (Å²) in [5, 5.41) is 20.6. The van der Waals surface area contributed by atoms with Crippen molar-refractivity contribution in [2.45, 2.75) is 64.6 Å². The fraction of sp³-hybridized carbons (Fsp3) is 0.344. The second kappa shape index (κ2) is 11.9. The van der Waals surface area contributed by atoms with Crippen LogP contribution in [0.5, 0.6) is 0 Å². The molecule has 0 radical (unpaired) electrons. The monoisotopic (exact) mass is 524 g/mol. The highest BCUT2D eigenvalue weighted by Gasteiger charge is 2.18. The Kier molecular flexibility index (Phi) is 8.19. The van der Waals surface area contributed by atoms with E-state index in [9.17, 15) is 9.90 Å². The van der Waals surface area contributed by atoms with Crippen molar-refractivity contribution < 1.29 is 14.4 Å². The molecule has 3 N–H and O–H groups in total. The van der Waals surface area contributed by atoms with E-state index in [0.717, 1.165) is 47.9 Å². The van der Waals surface area contributed by atoms with Crippen LogP contribution in [0.15, 0.2) is 65.2 Å². The molecule has 2 atom stereocenters. The van der Waals surface area contributed by atoms with Gasteiger partial charge in [-0.3, -0.25) is 4.79 Å². The maximum Gasteiger partial charge on any atom is 0.253 e. The SMILES string of the molecule is CN[C@H]1CCc2ccc(CCCC(O)NC(=O)c3ccc(-c4ccc(-c5noc(C)n5)cc4C)cc3)cc2C1. The van der Waals surface area contributed by atoms with E-state index >= 15 is 0 Å². The van der Waals surface area contributed by atoms with Gasteiger partial charge in [0, 0.05) is 24.1 Å². The van der Waals surface area contributed by atoms with Crippen LogP contribution in [0.4, 0.5) is 0 Å². The third-order valence-electron chi connectivity index (χ3n) is 7.62. The van der Waals surface area contributed by atoms with Crippen LogP contribution in [-0.4, -0.2) is 40.5 Å². The first kappa shape index (κ1) is 26.8. The van der Waals surface area contributed by atoms with Crippen molar-refractivity contribution in [3.63, 3.8) is 0 Å². The van der Waals surface area contributed by atoms with Crippen LogP contribution in [0.25, 0.3) is 22.5 Å². The minimum atomic E-state index is -0.882. The molecule has 202 valence electrons. The molecule has 1 aliphatic rings. The van der Waals surface area contributed by atoms with E-state index in [-0.39, 0.29) is 5.91 Å². The number of hydrogen-bond acceptors (Lipinski definition) is 6. The molecule has 0 bridgehead atoms. The van der Waals surface area contributed by atoms with Crippen LogP contribution >= 0.6 is 0 Å². The standard InChI is InChI=1S/C32H36N4O3/c1-20-17-26(31-34-21(2)39-36-31)14-16-29(20)24-9-11-25(12-10-24)32(38)35-30(37)6-4-5-22-7-8-23-13-15-28(33-3)19-27(23)18-22/h7-12,14,16-18,28,30,33,37H,4-6,13,15,19H2,1-3H3,(H,35,38)/t28-,30?/m0/s1. The molecule has 0 aliphatic heterocycles. The zero-order chi connectivity index (χ0) is 27.4. The Balaban J connectivity index is 1.13. The quantitative estimate of drug-likeness (QED) is 0.261. The summed E-state index contributed by atoms with van der Waals surface area (Å²) in [7, 11) is 2.03. The van der Waals surface area contributed by atoms with Gasteiger partial charge in [0.15, 0.2) is 0 Å². The molecule has 7 heteroatoms. The third kappa shape index (κ3) is 6.44. The molecule has 4 aromatic rings. The van der Waals surface area contributed by atoms with Gasteiger partial charge in [0.2, 0.25) is 11.7 Å². The lowest BCUT2D eigenvalue weighted by molar-refractivity contribution is 0.0760. The number of aliphatic hydroxyl groups excluding tert-OH is 1. The number of aliphatic hydroxyl groups is 1. The summed E-state index contributed by atoms with van der Waals surface area (Å²) in [5.41, 5.74) is 8.73. The van der Waals surface area contributed by atoms with Crippen LogP contribution in [-0.2, 0) is 19.3 Å². The molecule has 0 spiro atoms. The van der Waals surface area contributed by atoms with Crippen molar-refractivity contribution >= 4 is 5.91 Å². The smallest absolute Gasteiger partial charge is 0.253 e. The zero-order valence-corrected chi connectivity index (χ0v) is 22.8. The van der Waals surface area contributed by atoms with E-state index in [2.05, 4.69) is 39.0 Å². The zero-order valence-electron chi connectivity index (χ0n) is 22.8. The number of nitrogens with zero attached hydrogens (tertiary/aromatic N) is 2. The van der Waals surface area contributed by atoms with E-state index in [4.69, 9.17) is 4.52 Å². The molecular weight excluding hydrogens is 488 g/mol. The number of nitrogens with one attached hydrogen (secondary N) is 2. The van der Waals surface area contributed by atoms with Gasteiger partial charge in [0.25, 0.3) is 5.91 Å². The predicted octanol–water partition coefficient (Wildman–Crippen LogP) is 5.17. The molecule has 0 saturated carbocycles. The van der Waals surface area contributed by atoms with Gasteiger partial charge in [-0.15, -0.1) is 0 Å². The number of amides is 1. The molecule has 1 heterocycles. The normalized spacial score (nSPS) is 15.5. The fourth-order valence-electron chi connectivity index (χ4n) is 5.36. The Labute approximate surface area is 229 Å². The van der Waals surface area contributed by atoms with Gasteiger partial charge in [0.05, 0.1) is 0 Å². The van der Waals surface area contributed by atoms with Crippen LogP contribution in [0.2, 0.25) is 0 Å². The number of fused-ring (bicyclic) bond motifs is 1. The van der Waals surface area contributed by atoms with Gasteiger partial charge in [0.1, 0.15) is 6.23 Å². The van der Waals surface area contributed by atoms with Gasteiger partial charge < -0.3 is 20.3 Å². The lowest BCUT2D eigenvalue weighted by Gasteiger charge is -2.24. The number of hydrogen-bond donors (Lipinski definition) is 3. The first-order valence-electron chi connectivity index (χ1n) is 13.7. The molecule has 0 saturated heterocycles. The first-order chi connectivity index (χ1) is 18.9. The lowest BCUT2D eigenvalue weighted by atomic mass is 9.86. The number of benzene rings is 3. The first-order valence-corrected chi connectivity index (χ1v) is 13.7. The number of likely N-dealkylation sites (N-methyl/N-ethyl adjacent to an activating group) is 1. The van der Waals surface area contributed by atoms with Crippen LogP contribution in [0.1, 0.15) is 57.8 Å². The van der Waals surface area contributed by atoms with Crippen molar-refractivity contribution in [2.24, 2.45) is 0 Å². The summed E-state index contributed by atoms with van der Waals surface area (Å²) < 4.78 is 5.08. The fourth-order valence-corrected chi connectivity index (χ4v) is 5.36. The summed E-state index contributed by atoms with van der Waals surface area (Å²) in [6.45, 7) is 3.80. The highest BCUT2D eigenvalue weighted by Crippen LogP contribution is 2.28. The number of aryl methyl sites for hydroxylation is 4. The lowest BCUT2D eigenvalue weighted by Crippen LogP contribution is -2.34. The van der Waals surface area contributed by atoms with E-state index in [0.29, 0.717) is 29.7 Å².